The van der Waals surface area contributed by atoms with Crippen molar-refractivity contribution in [1.29, 1.82) is 0 Å². The molecule has 2 saturated heterocycles. The molecule has 0 spiro atoms. The summed E-state index contributed by atoms with van der Waals surface area (Å²) in [5, 5.41) is 22.6. The molecule has 0 aliphatic carbocycles. The third-order valence-corrected chi connectivity index (χ3v) is 7.94. The van der Waals surface area contributed by atoms with Gasteiger partial charge in [0, 0.05) is 16.5 Å². The van der Waals surface area contributed by atoms with Gasteiger partial charge in [0.1, 0.15) is 36.8 Å². The maximum atomic E-state index is 13.3. The number of rotatable bonds is 6. The number of esters is 1. The van der Waals surface area contributed by atoms with E-state index in [1.807, 2.05) is 6.07 Å². The maximum absolute atomic E-state index is 13.3. The van der Waals surface area contributed by atoms with Crippen LogP contribution in [0.2, 0.25) is 0 Å². The number of aliphatic hydroxyl groups excluding tert-OH is 2. The second-order valence-electron chi connectivity index (χ2n) is 10.9. The number of fused-ring (bicyclic) bond motifs is 4. The lowest BCUT2D eigenvalue weighted by atomic mass is 9.89. The summed E-state index contributed by atoms with van der Waals surface area (Å²) in [5.41, 5.74) is 2.04. The molecule has 42 heavy (non-hydrogen) atoms. The van der Waals surface area contributed by atoms with Crippen LogP contribution >= 0.6 is 0 Å². The van der Waals surface area contributed by atoms with Crippen LogP contribution in [0.5, 0.6) is 28.7 Å². The summed E-state index contributed by atoms with van der Waals surface area (Å²) in [6.45, 7) is 3.09. The molecule has 0 aromatic heterocycles. The van der Waals surface area contributed by atoms with Crippen molar-refractivity contribution in [3.63, 3.8) is 0 Å². The fourth-order valence-corrected chi connectivity index (χ4v) is 6.11. The number of ether oxygens (including phenoxy) is 9. The van der Waals surface area contributed by atoms with Gasteiger partial charge < -0.3 is 52.8 Å². The molecule has 3 aromatic carbocycles. The number of hydrogen-bond acceptors (Lipinski definition) is 12. The van der Waals surface area contributed by atoms with Gasteiger partial charge in [-0.25, -0.2) is 4.79 Å². The summed E-state index contributed by atoms with van der Waals surface area (Å²) in [7, 11) is 3.04. The number of cyclic esters (lactones) is 1. The maximum Gasteiger partial charge on any atom is 0.339 e. The third-order valence-electron chi connectivity index (χ3n) is 7.94. The van der Waals surface area contributed by atoms with Gasteiger partial charge in [0.25, 0.3) is 0 Å². The van der Waals surface area contributed by atoms with Crippen molar-refractivity contribution in [2.24, 2.45) is 0 Å². The Bertz CT molecular complexity index is 1580. The Balaban J connectivity index is 1.42. The van der Waals surface area contributed by atoms with Crippen LogP contribution in [0.15, 0.2) is 30.3 Å². The van der Waals surface area contributed by atoms with Crippen molar-refractivity contribution in [3.8, 4) is 39.9 Å². The SMILES string of the molecule is COc1cc2c(OC3OC(CO)C4OC(C)(C)OC4C3O)c3c(c(-c4ccc5c(c4)OCO5)c2cc1OC)C(=O)OC3. The third kappa shape index (κ3) is 4.13. The smallest absolute Gasteiger partial charge is 0.339 e. The molecular weight excluding hydrogens is 552 g/mol. The number of methoxy groups -OCH3 is 2. The van der Waals surface area contributed by atoms with Gasteiger partial charge in [0.05, 0.1) is 26.4 Å². The van der Waals surface area contributed by atoms with E-state index in [0.29, 0.717) is 56.0 Å². The minimum atomic E-state index is -1.28. The first-order valence-electron chi connectivity index (χ1n) is 13.5. The van der Waals surface area contributed by atoms with E-state index in [-0.39, 0.29) is 25.8 Å². The number of benzene rings is 3. The fraction of sp³-hybridized carbons (Fsp3) is 0.433. The molecule has 7 rings (SSSR count). The quantitative estimate of drug-likeness (QED) is 0.413. The van der Waals surface area contributed by atoms with Crippen LogP contribution in [0.25, 0.3) is 21.9 Å². The van der Waals surface area contributed by atoms with Crippen LogP contribution in [0.3, 0.4) is 0 Å². The molecule has 222 valence electrons. The van der Waals surface area contributed by atoms with E-state index >= 15 is 0 Å². The Hall–Kier alpha value is -3.81. The van der Waals surface area contributed by atoms with Gasteiger partial charge in [0.2, 0.25) is 13.1 Å². The lowest BCUT2D eigenvalue weighted by molar-refractivity contribution is -0.254. The number of hydrogen-bond donors (Lipinski definition) is 2. The molecule has 5 atom stereocenters. The lowest BCUT2D eigenvalue weighted by Gasteiger charge is -2.39. The predicted octanol–water partition coefficient (Wildman–Crippen LogP) is 2.90. The summed E-state index contributed by atoms with van der Waals surface area (Å²) in [6.07, 6.45) is -4.91. The molecular formula is C30H30O12. The Morgan fingerprint density at radius 2 is 1.64 bits per heavy atom. The molecule has 12 heteroatoms. The summed E-state index contributed by atoms with van der Waals surface area (Å²) in [4.78, 5) is 13.3. The van der Waals surface area contributed by atoms with E-state index in [0.717, 1.165) is 0 Å². The average Bonchev–Trinajstić information content (AvgIpc) is 3.70. The molecule has 5 unspecified atom stereocenters. The molecule has 3 aromatic rings. The zero-order valence-electron chi connectivity index (χ0n) is 23.4. The van der Waals surface area contributed by atoms with Crippen molar-refractivity contribution in [2.45, 2.75) is 56.9 Å². The van der Waals surface area contributed by atoms with Crippen LogP contribution in [0.4, 0.5) is 0 Å². The van der Waals surface area contributed by atoms with E-state index < -0.39 is 42.5 Å². The Morgan fingerprint density at radius 3 is 2.38 bits per heavy atom. The average molecular weight is 583 g/mol. The van der Waals surface area contributed by atoms with Gasteiger partial charge >= 0.3 is 5.97 Å². The Morgan fingerprint density at radius 1 is 0.929 bits per heavy atom. The molecule has 4 heterocycles. The van der Waals surface area contributed by atoms with Crippen LogP contribution in [-0.2, 0) is 25.6 Å². The summed E-state index contributed by atoms with van der Waals surface area (Å²) in [5.74, 6) is 0.728. The zero-order chi connectivity index (χ0) is 29.3. The van der Waals surface area contributed by atoms with Crippen LogP contribution in [-0.4, -0.2) is 80.3 Å². The molecule has 0 amide bonds. The normalized spacial score (nSPS) is 27.0. The van der Waals surface area contributed by atoms with Crippen molar-refractivity contribution in [3.05, 3.63) is 41.5 Å². The molecule has 0 radical (unpaired) electrons. The van der Waals surface area contributed by atoms with E-state index in [1.165, 1.54) is 14.2 Å². The number of aliphatic hydroxyl groups is 2. The van der Waals surface area contributed by atoms with Gasteiger partial charge in [-0.2, -0.15) is 0 Å². The molecule has 4 aliphatic rings. The molecule has 0 saturated carbocycles. The van der Waals surface area contributed by atoms with E-state index in [9.17, 15) is 15.0 Å². The lowest BCUT2D eigenvalue weighted by Crippen LogP contribution is -2.58. The molecule has 2 fully saturated rings. The van der Waals surface area contributed by atoms with Gasteiger partial charge in [-0.3, -0.25) is 0 Å². The van der Waals surface area contributed by atoms with Crippen molar-refractivity contribution >= 4 is 16.7 Å². The highest BCUT2D eigenvalue weighted by atomic mass is 16.8. The van der Waals surface area contributed by atoms with Crippen molar-refractivity contribution in [1.82, 2.24) is 0 Å². The molecule has 12 nitrogen and oxygen atoms in total. The van der Waals surface area contributed by atoms with Crippen LogP contribution < -0.4 is 23.7 Å². The number of carbonyl (C=O) groups is 1. The standard InChI is InChI=1S/C30H30O12/c1-30(2)41-26-21(10-31)39-29(24(32)27(26)42-30)40-25-15-9-19(35-4)18(34-3)8-14(15)22(23-16(25)11-36-28(23)33)13-5-6-17-20(7-13)38-12-37-17/h5-9,21,24,26-27,29,31-32H,10-12H2,1-4H3. The zero-order valence-corrected chi connectivity index (χ0v) is 23.4. The molecule has 4 aliphatic heterocycles. The Kier molecular flexibility index (Phi) is 6.37. The van der Waals surface area contributed by atoms with Gasteiger partial charge in [-0.15, -0.1) is 0 Å². The van der Waals surface area contributed by atoms with Gasteiger partial charge in [0.15, 0.2) is 28.8 Å². The fourth-order valence-electron chi connectivity index (χ4n) is 6.11. The summed E-state index contributed by atoms with van der Waals surface area (Å²) < 4.78 is 52.2. The minimum Gasteiger partial charge on any atom is -0.493 e. The van der Waals surface area contributed by atoms with E-state index in [2.05, 4.69) is 0 Å². The largest absolute Gasteiger partial charge is 0.493 e. The first kappa shape index (κ1) is 27.0. The first-order chi connectivity index (χ1) is 20.2. The molecule has 2 N–H and O–H groups in total. The highest BCUT2D eigenvalue weighted by molar-refractivity contribution is 6.14. The van der Waals surface area contributed by atoms with Crippen LogP contribution in [0, 0.1) is 0 Å². The first-order valence-corrected chi connectivity index (χ1v) is 13.5. The minimum absolute atomic E-state index is 0.0731. The van der Waals surface area contributed by atoms with Gasteiger partial charge in [-0.05, 0) is 49.1 Å². The topological polar surface area (TPSA) is 141 Å². The monoisotopic (exact) mass is 582 g/mol. The number of carbonyl (C=O) groups excluding carboxylic acids is 1. The van der Waals surface area contributed by atoms with Crippen molar-refractivity contribution < 1.29 is 57.6 Å². The summed E-state index contributed by atoms with van der Waals surface area (Å²) in [6, 6.07) is 8.92. The predicted molar refractivity (Wildman–Crippen MR) is 144 cm³/mol. The molecule has 0 bridgehead atoms. The summed E-state index contributed by atoms with van der Waals surface area (Å²) >= 11 is 0. The second-order valence-corrected chi connectivity index (χ2v) is 10.9. The Labute approximate surface area is 240 Å². The van der Waals surface area contributed by atoms with E-state index in [1.54, 1.807) is 38.1 Å². The van der Waals surface area contributed by atoms with Crippen molar-refractivity contribution in [2.75, 3.05) is 27.6 Å². The van der Waals surface area contributed by atoms with Gasteiger partial charge in [-0.1, -0.05) is 6.07 Å². The second kappa shape index (κ2) is 9.89. The van der Waals surface area contributed by atoms with E-state index in [4.69, 9.17) is 42.6 Å². The highest BCUT2D eigenvalue weighted by Crippen LogP contribution is 2.50. The van der Waals surface area contributed by atoms with Crippen LogP contribution in [0.1, 0.15) is 29.8 Å². The highest BCUT2D eigenvalue weighted by Gasteiger charge is 2.55.